The van der Waals surface area contributed by atoms with Gasteiger partial charge in [-0.25, -0.2) is 0 Å². The highest BCUT2D eigenvalue weighted by Crippen LogP contribution is 2.22. The Bertz CT molecular complexity index is 525. The first-order chi connectivity index (χ1) is 10.2. The molecular weight excluding hydrogens is 280 g/mol. The normalized spacial score (nSPS) is 12.6. The van der Waals surface area contributed by atoms with Gasteiger partial charge in [0, 0.05) is 25.5 Å². The smallest absolute Gasteiger partial charge is 0.0712 e. The number of hydrogen-bond donors (Lipinski definition) is 0. The lowest BCUT2D eigenvalue weighted by atomic mass is 10.1. The molecule has 1 unspecified atom stereocenters. The van der Waals surface area contributed by atoms with E-state index in [0.29, 0.717) is 0 Å². The standard InChI is InChI=1S/C18H23ClN2/c1-3-21(13-10-16-8-11-20-12-9-16)14-18(19)17-6-4-15(2)5-7-17/h4-9,11-12,18H,3,10,13-14H2,1-2H3. The Morgan fingerprint density at radius 1 is 1.10 bits per heavy atom. The molecule has 2 nitrogen and oxygen atoms in total. The quantitative estimate of drug-likeness (QED) is 0.711. The highest BCUT2D eigenvalue weighted by atomic mass is 35.5. The van der Waals surface area contributed by atoms with E-state index in [0.717, 1.165) is 26.1 Å². The van der Waals surface area contributed by atoms with Crippen molar-refractivity contribution in [1.29, 1.82) is 0 Å². The molecule has 21 heavy (non-hydrogen) atoms. The van der Waals surface area contributed by atoms with Crippen LogP contribution in [-0.2, 0) is 6.42 Å². The highest BCUT2D eigenvalue weighted by Gasteiger charge is 2.12. The maximum Gasteiger partial charge on any atom is 0.0712 e. The summed E-state index contributed by atoms with van der Waals surface area (Å²) >= 11 is 6.56. The van der Waals surface area contributed by atoms with Crippen molar-refractivity contribution in [2.45, 2.75) is 25.6 Å². The van der Waals surface area contributed by atoms with Crippen molar-refractivity contribution in [3.63, 3.8) is 0 Å². The van der Waals surface area contributed by atoms with Crippen molar-refractivity contribution in [1.82, 2.24) is 9.88 Å². The second-order valence-electron chi connectivity index (χ2n) is 5.38. The van der Waals surface area contributed by atoms with Crippen LogP contribution in [0.1, 0.15) is 29.0 Å². The maximum atomic E-state index is 6.56. The molecule has 0 saturated carbocycles. The molecule has 3 heteroatoms. The Kier molecular flexibility index (Phi) is 6.21. The van der Waals surface area contributed by atoms with Crippen LogP contribution in [-0.4, -0.2) is 29.5 Å². The topological polar surface area (TPSA) is 16.1 Å². The monoisotopic (exact) mass is 302 g/mol. The van der Waals surface area contributed by atoms with Gasteiger partial charge in [-0.1, -0.05) is 36.8 Å². The minimum atomic E-state index is 0.0444. The summed E-state index contributed by atoms with van der Waals surface area (Å²) in [5, 5.41) is 0.0444. The fraction of sp³-hybridized carbons (Fsp3) is 0.389. The van der Waals surface area contributed by atoms with Gasteiger partial charge in [0.2, 0.25) is 0 Å². The molecule has 1 heterocycles. The van der Waals surface area contributed by atoms with Crippen LogP contribution in [0.5, 0.6) is 0 Å². The molecule has 0 aliphatic heterocycles. The molecule has 0 fully saturated rings. The van der Waals surface area contributed by atoms with Crippen LogP contribution in [0.3, 0.4) is 0 Å². The van der Waals surface area contributed by atoms with Crippen LogP contribution in [0.4, 0.5) is 0 Å². The van der Waals surface area contributed by atoms with Gasteiger partial charge in [-0.3, -0.25) is 4.98 Å². The largest absolute Gasteiger partial charge is 0.301 e. The van der Waals surface area contributed by atoms with Crippen LogP contribution in [0, 0.1) is 6.92 Å². The van der Waals surface area contributed by atoms with Crippen LogP contribution >= 0.6 is 11.6 Å². The number of pyridine rings is 1. The van der Waals surface area contributed by atoms with E-state index in [1.54, 1.807) is 0 Å². The van der Waals surface area contributed by atoms with E-state index in [2.05, 4.69) is 60.1 Å². The van der Waals surface area contributed by atoms with Gasteiger partial charge in [0.05, 0.1) is 5.38 Å². The number of benzene rings is 1. The molecular formula is C18H23ClN2. The van der Waals surface area contributed by atoms with E-state index >= 15 is 0 Å². The molecule has 0 amide bonds. The zero-order valence-electron chi connectivity index (χ0n) is 12.8. The second kappa shape index (κ2) is 8.16. The molecule has 2 aromatic rings. The Morgan fingerprint density at radius 3 is 2.38 bits per heavy atom. The third-order valence-corrected chi connectivity index (χ3v) is 4.16. The first-order valence-electron chi connectivity index (χ1n) is 7.51. The number of nitrogens with zero attached hydrogens (tertiary/aromatic N) is 2. The average molecular weight is 303 g/mol. The molecule has 0 saturated heterocycles. The second-order valence-corrected chi connectivity index (χ2v) is 5.90. The van der Waals surface area contributed by atoms with Crippen molar-refractivity contribution < 1.29 is 0 Å². The van der Waals surface area contributed by atoms with Crippen LogP contribution in [0.2, 0.25) is 0 Å². The van der Waals surface area contributed by atoms with Crippen LogP contribution < -0.4 is 0 Å². The van der Waals surface area contributed by atoms with Crippen molar-refractivity contribution >= 4 is 11.6 Å². The molecule has 112 valence electrons. The van der Waals surface area contributed by atoms with Crippen molar-refractivity contribution in [2.24, 2.45) is 0 Å². The van der Waals surface area contributed by atoms with Gasteiger partial charge >= 0.3 is 0 Å². The summed E-state index contributed by atoms with van der Waals surface area (Å²) in [6.45, 7) is 7.20. The minimum Gasteiger partial charge on any atom is -0.301 e. The molecule has 1 atom stereocenters. The third kappa shape index (κ3) is 5.14. The highest BCUT2D eigenvalue weighted by molar-refractivity contribution is 6.21. The summed E-state index contributed by atoms with van der Waals surface area (Å²) in [5.74, 6) is 0. The van der Waals surface area contributed by atoms with E-state index in [1.165, 1.54) is 16.7 Å². The lowest BCUT2D eigenvalue weighted by Gasteiger charge is -2.23. The molecule has 0 bridgehead atoms. The van der Waals surface area contributed by atoms with Gasteiger partial charge in [-0.2, -0.15) is 0 Å². The van der Waals surface area contributed by atoms with E-state index in [1.807, 2.05) is 12.4 Å². The van der Waals surface area contributed by atoms with Crippen molar-refractivity contribution in [2.75, 3.05) is 19.6 Å². The van der Waals surface area contributed by atoms with Crippen molar-refractivity contribution in [3.05, 3.63) is 65.5 Å². The zero-order chi connectivity index (χ0) is 15.1. The summed E-state index contributed by atoms with van der Waals surface area (Å²) in [7, 11) is 0. The summed E-state index contributed by atoms with van der Waals surface area (Å²) in [5.41, 5.74) is 3.79. The van der Waals surface area contributed by atoms with Crippen molar-refractivity contribution in [3.8, 4) is 0 Å². The van der Waals surface area contributed by atoms with Gasteiger partial charge in [0.1, 0.15) is 0 Å². The number of halogens is 1. The fourth-order valence-corrected chi connectivity index (χ4v) is 2.66. The molecule has 0 radical (unpaired) electrons. The predicted octanol–water partition coefficient (Wildman–Crippen LogP) is 4.23. The fourth-order valence-electron chi connectivity index (χ4n) is 2.32. The number of aromatic nitrogens is 1. The van der Waals surface area contributed by atoms with Gasteiger partial charge in [-0.15, -0.1) is 11.6 Å². The Morgan fingerprint density at radius 2 is 1.76 bits per heavy atom. The van der Waals surface area contributed by atoms with Gasteiger partial charge < -0.3 is 4.90 Å². The lowest BCUT2D eigenvalue weighted by molar-refractivity contribution is 0.292. The van der Waals surface area contributed by atoms with E-state index in [-0.39, 0.29) is 5.38 Å². The summed E-state index contributed by atoms with van der Waals surface area (Å²) in [6.07, 6.45) is 4.73. The summed E-state index contributed by atoms with van der Waals surface area (Å²) in [6, 6.07) is 12.7. The van der Waals surface area contributed by atoms with Gasteiger partial charge in [0.15, 0.2) is 0 Å². The maximum absolute atomic E-state index is 6.56. The summed E-state index contributed by atoms with van der Waals surface area (Å²) < 4.78 is 0. The molecule has 0 N–H and O–H groups in total. The SMILES string of the molecule is CCN(CCc1ccncc1)CC(Cl)c1ccc(C)cc1. The third-order valence-electron chi connectivity index (χ3n) is 3.77. The van der Waals surface area contributed by atoms with E-state index in [9.17, 15) is 0 Å². The molecule has 0 aliphatic carbocycles. The Balaban J connectivity index is 1.88. The Hall–Kier alpha value is -1.38. The molecule has 0 spiro atoms. The zero-order valence-corrected chi connectivity index (χ0v) is 13.6. The predicted molar refractivity (Wildman–Crippen MR) is 89.8 cm³/mol. The molecule has 1 aromatic heterocycles. The Labute approximate surface area is 132 Å². The molecule has 2 rings (SSSR count). The van der Waals surface area contributed by atoms with E-state index in [4.69, 9.17) is 11.6 Å². The average Bonchev–Trinajstić information content (AvgIpc) is 2.53. The van der Waals surface area contributed by atoms with Crippen LogP contribution in [0.15, 0.2) is 48.8 Å². The van der Waals surface area contributed by atoms with Gasteiger partial charge in [-0.05, 0) is 43.1 Å². The lowest BCUT2D eigenvalue weighted by Crippen LogP contribution is -2.29. The first-order valence-corrected chi connectivity index (χ1v) is 7.94. The number of alkyl halides is 1. The number of hydrogen-bond acceptors (Lipinski definition) is 2. The van der Waals surface area contributed by atoms with Gasteiger partial charge in [0.25, 0.3) is 0 Å². The molecule has 0 aliphatic rings. The number of aryl methyl sites for hydroxylation is 1. The number of rotatable bonds is 7. The summed E-state index contributed by atoms with van der Waals surface area (Å²) in [4.78, 5) is 6.45. The van der Waals surface area contributed by atoms with E-state index < -0.39 is 0 Å². The van der Waals surface area contributed by atoms with Crippen LogP contribution in [0.25, 0.3) is 0 Å². The first kappa shape index (κ1) is 16.0. The number of likely N-dealkylation sites (N-methyl/N-ethyl adjacent to an activating group) is 1. The minimum absolute atomic E-state index is 0.0444. The molecule has 1 aromatic carbocycles.